The molecule has 0 radical (unpaired) electrons. The van der Waals surface area contributed by atoms with Crippen molar-refractivity contribution in [3.63, 3.8) is 0 Å². The molecule has 2 aromatic carbocycles. The van der Waals surface area contributed by atoms with Crippen LogP contribution in [0, 0.1) is 6.92 Å². The molecule has 0 saturated carbocycles. The van der Waals surface area contributed by atoms with Crippen LogP contribution in [0.1, 0.15) is 23.5 Å². The quantitative estimate of drug-likeness (QED) is 0.537. The second-order valence-corrected chi connectivity index (χ2v) is 10.5. The van der Waals surface area contributed by atoms with E-state index < -0.39 is 25.1 Å². The summed E-state index contributed by atoms with van der Waals surface area (Å²) in [6, 6.07) is 15.4. The lowest BCUT2D eigenvalue weighted by Gasteiger charge is -2.17. The van der Waals surface area contributed by atoms with Gasteiger partial charge in [0.2, 0.25) is 10.0 Å². The molecule has 160 valence electrons. The molecule has 0 amide bonds. The third-order valence-corrected chi connectivity index (χ3v) is 8.01. The van der Waals surface area contributed by atoms with Gasteiger partial charge in [0.15, 0.2) is 9.84 Å². The fourth-order valence-corrected chi connectivity index (χ4v) is 5.62. The van der Waals surface area contributed by atoms with Crippen LogP contribution >= 0.6 is 0 Å². The third kappa shape index (κ3) is 4.92. The van der Waals surface area contributed by atoms with Crippen molar-refractivity contribution in [3.05, 3.63) is 78.3 Å². The van der Waals surface area contributed by atoms with Crippen LogP contribution in [0.4, 0.5) is 0 Å². The van der Waals surface area contributed by atoms with Crippen molar-refractivity contribution in [2.75, 3.05) is 13.2 Å². The van der Waals surface area contributed by atoms with Gasteiger partial charge in [0.25, 0.3) is 0 Å². The summed E-state index contributed by atoms with van der Waals surface area (Å²) < 4.78 is 64.8. The summed E-state index contributed by atoms with van der Waals surface area (Å²) in [5, 5.41) is -1.22. The Labute approximate surface area is 176 Å². The van der Waals surface area contributed by atoms with E-state index in [1.54, 1.807) is 30.3 Å². The van der Waals surface area contributed by atoms with Crippen LogP contribution in [0.5, 0.6) is 5.75 Å². The first-order valence-electron chi connectivity index (χ1n) is 9.30. The van der Waals surface area contributed by atoms with Crippen LogP contribution < -0.4 is 9.46 Å². The minimum Gasteiger partial charge on any atom is -0.494 e. The fourth-order valence-electron chi connectivity index (χ4n) is 2.88. The number of hydrogen-bond donors (Lipinski definition) is 1. The largest absolute Gasteiger partial charge is 0.494 e. The van der Waals surface area contributed by atoms with Gasteiger partial charge in [-0.05, 0) is 62.4 Å². The van der Waals surface area contributed by atoms with E-state index in [1.165, 1.54) is 36.6 Å². The number of ether oxygens (including phenoxy) is 1. The van der Waals surface area contributed by atoms with Crippen LogP contribution in [0.2, 0.25) is 0 Å². The Balaban J connectivity index is 1.86. The molecule has 0 saturated heterocycles. The zero-order valence-electron chi connectivity index (χ0n) is 16.6. The Hall–Kier alpha value is -2.62. The molecule has 1 atom stereocenters. The Bertz CT molecular complexity index is 1170. The van der Waals surface area contributed by atoms with Crippen molar-refractivity contribution in [3.8, 4) is 5.75 Å². The first-order valence-corrected chi connectivity index (χ1v) is 12.3. The van der Waals surface area contributed by atoms with Crippen LogP contribution in [-0.4, -0.2) is 30.0 Å². The molecule has 0 fully saturated rings. The summed E-state index contributed by atoms with van der Waals surface area (Å²) in [4.78, 5) is 0.103. The standard InChI is InChI=1S/C21H23NO6S2/c1-3-27-17-8-12-19(13-9-17)30(25,26)22-15-21(20-5-4-14-28-20)29(23,24)18-10-6-16(2)7-11-18/h4-14,21-22H,3,15H2,1-2H3. The lowest BCUT2D eigenvalue weighted by Crippen LogP contribution is -2.31. The number of benzene rings is 2. The van der Waals surface area contributed by atoms with E-state index in [0.29, 0.717) is 12.4 Å². The molecular formula is C21H23NO6S2. The van der Waals surface area contributed by atoms with Crippen molar-refractivity contribution in [1.29, 1.82) is 0 Å². The molecule has 0 aliphatic heterocycles. The second kappa shape index (κ2) is 9.03. The molecule has 3 aromatic rings. The molecule has 3 rings (SSSR count). The molecule has 9 heteroatoms. The Kier molecular flexibility index (Phi) is 6.64. The number of sulfonamides is 1. The number of furan rings is 1. The number of nitrogens with one attached hydrogen (secondary N) is 1. The highest BCUT2D eigenvalue weighted by Crippen LogP contribution is 2.29. The van der Waals surface area contributed by atoms with E-state index in [0.717, 1.165) is 5.56 Å². The number of sulfone groups is 1. The normalized spacial score (nSPS) is 13.1. The molecule has 7 nitrogen and oxygen atoms in total. The minimum atomic E-state index is -3.94. The molecule has 1 heterocycles. The van der Waals surface area contributed by atoms with Gasteiger partial charge in [-0.15, -0.1) is 0 Å². The molecule has 30 heavy (non-hydrogen) atoms. The molecule has 0 aliphatic rings. The Morgan fingerprint density at radius 2 is 1.57 bits per heavy atom. The van der Waals surface area contributed by atoms with E-state index in [2.05, 4.69) is 4.72 Å². The van der Waals surface area contributed by atoms with Gasteiger partial charge in [-0.1, -0.05) is 17.7 Å². The zero-order chi connectivity index (χ0) is 21.8. The molecule has 0 aliphatic carbocycles. The maximum atomic E-state index is 13.2. The molecule has 1 N–H and O–H groups in total. The van der Waals surface area contributed by atoms with E-state index in [9.17, 15) is 16.8 Å². The highest BCUT2D eigenvalue weighted by Gasteiger charge is 2.32. The summed E-state index contributed by atoms with van der Waals surface area (Å²) in [7, 11) is -7.84. The van der Waals surface area contributed by atoms with Crippen molar-refractivity contribution < 1.29 is 26.0 Å². The minimum absolute atomic E-state index is 0.0110. The van der Waals surface area contributed by atoms with Crippen LogP contribution in [0.15, 0.2) is 81.1 Å². The maximum absolute atomic E-state index is 13.2. The van der Waals surface area contributed by atoms with Gasteiger partial charge in [0.1, 0.15) is 16.8 Å². The summed E-state index contributed by atoms with van der Waals surface area (Å²) in [6.07, 6.45) is 1.36. The summed E-state index contributed by atoms with van der Waals surface area (Å²) >= 11 is 0. The summed E-state index contributed by atoms with van der Waals surface area (Å²) in [5.74, 6) is 0.705. The Morgan fingerprint density at radius 1 is 0.933 bits per heavy atom. The van der Waals surface area contributed by atoms with E-state index in [4.69, 9.17) is 9.15 Å². The van der Waals surface area contributed by atoms with Gasteiger partial charge in [-0.3, -0.25) is 0 Å². The fraction of sp³-hybridized carbons (Fsp3) is 0.238. The SMILES string of the molecule is CCOc1ccc(S(=O)(=O)NCC(c2ccco2)S(=O)(=O)c2ccc(C)cc2)cc1. The second-order valence-electron chi connectivity index (χ2n) is 6.62. The smallest absolute Gasteiger partial charge is 0.240 e. The van der Waals surface area contributed by atoms with E-state index in [1.807, 2.05) is 13.8 Å². The monoisotopic (exact) mass is 449 g/mol. The van der Waals surface area contributed by atoms with Gasteiger partial charge < -0.3 is 9.15 Å². The number of aryl methyl sites for hydroxylation is 1. The zero-order valence-corrected chi connectivity index (χ0v) is 18.2. The molecule has 0 bridgehead atoms. The van der Waals surface area contributed by atoms with Crippen molar-refractivity contribution in [2.24, 2.45) is 0 Å². The summed E-state index contributed by atoms with van der Waals surface area (Å²) in [5.41, 5.74) is 0.916. The van der Waals surface area contributed by atoms with Gasteiger partial charge in [-0.25, -0.2) is 21.6 Å². The highest BCUT2D eigenvalue weighted by molar-refractivity contribution is 7.92. The van der Waals surface area contributed by atoms with Crippen molar-refractivity contribution in [1.82, 2.24) is 4.72 Å². The predicted molar refractivity (Wildman–Crippen MR) is 113 cm³/mol. The summed E-state index contributed by atoms with van der Waals surface area (Å²) in [6.45, 7) is 3.77. The lowest BCUT2D eigenvalue weighted by atomic mass is 10.2. The maximum Gasteiger partial charge on any atom is 0.240 e. The number of hydrogen-bond acceptors (Lipinski definition) is 6. The first-order chi connectivity index (χ1) is 14.2. The lowest BCUT2D eigenvalue weighted by molar-refractivity contribution is 0.340. The third-order valence-electron chi connectivity index (χ3n) is 4.49. The van der Waals surface area contributed by atoms with Crippen LogP contribution in [-0.2, 0) is 19.9 Å². The van der Waals surface area contributed by atoms with Gasteiger partial charge in [0, 0.05) is 6.54 Å². The average molecular weight is 450 g/mol. The Morgan fingerprint density at radius 3 is 2.13 bits per heavy atom. The average Bonchev–Trinajstić information content (AvgIpc) is 3.23. The van der Waals surface area contributed by atoms with Gasteiger partial charge in [-0.2, -0.15) is 0 Å². The molecule has 1 unspecified atom stereocenters. The molecule has 0 spiro atoms. The van der Waals surface area contributed by atoms with Gasteiger partial charge >= 0.3 is 0 Å². The first kappa shape index (κ1) is 22.1. The number of rotatable bonds is 9. The van der Waals surface area contributed by atoms with Crippen LogP contribution in [0.25, 0.3) is 0 Å². The van der Waals surface area contributed by atoms with Crippen molar-refractivity contribution in [2.45, 2.75) is 28.9 Å². The topological polar surface area (TPSA) is 103 Å². The van der Waals surface area contributed by atoms with E-state index >= 15 is 0 Å². The van der Waals surface area contributed by atoms with Crippen LogP contribution in [0.3, 0.4) is 0 Å². The molecular weight excluding hydrogens is 426 g/mol. The van der Waals surface area contributed by atoms with Gasteiger partial charge in [0.05, 0.1) is 22.7 Å². The predicted octanol–water partition coefficient (Wildman–Crippen LogP) is 3.48. The highest BCUT2D eigenvalue weighted by atomic mass is 32.2. The molecule has 1 aromatic heterocycles. The van der Waals surface area contributed by atoms with Crippen molar-refractivity contribution >= 4 is 19.9 Å². The van der Waals surface area contributed by atoms with E-state index in [-0.39, 0.29) is 22.1 Å².